The Balaban J connectivity index is 2.23. The van der Waals surface area contributed by atoms with Crippen molar-refractivity contribution in [3.63, 3.8) is 0 Å². The maximum Gasteiger partial charge on any atom is 0.335 e. The smallest absolute Gasteiger partial charge is 0.335 e. The van der Waals surface area contributed by atoms with Gasteiger partial charge in [-0.25, -0.2) is 17.9 Å². The molecule has 0 aliphatic heterocycles. The number of rotatable bonds is 10. The van der Waals surface area contributed by atoms with Crippen LogP contribution in [0.15, 0.2) is 53.4 Å². The van der Waals surface area contributed by atoms with Crippen molar-refractivity contribution in [2.75, 3.05) is 11.9 Å². The van der Waals surface area contributed by atoms with Crippen LogP contribution in [0.1, 0.15) is 42.6 Å². The van der Waals surface area contributed by atoms with Gasteiger partial charge in [0.05, 0.1) is 11.3 Å². The number of carbonyl (C=O) groups is 1. The third-order valence-electron chi connectivity index (χ3n) is 4.19. The van der Waals surface area contributed by atoms with Gasteiger partial charge in [-0.15, -0.1) is 0 Å². The van der Waals surface area contributed by atoms with Gasteiger partial charge in [0.25, 0.3) is 0 Å². The number of anilines is 1. The van der Waals surface area contributed by atoms with Gasteiger partial charge in [0.2, 0.25) is 10.0 Å². The van der Waals surface area contributed by atoms with Crippen molar-refractivity contribution in [2.24, 2.45) is 0 Å². The molecule has 2 aromatic rings. The van der Waals surface area contributed by atoms with Crippen molar-refractivity contribution in [1.82, 2.24) is 4.72 Å². The number of sulfonamides is 1. The number of benzene rings is 2. The van der Waals surface area contributed by atoms with Crippen molar-refractivity contribution >= 4 is 21.7 Å². The molecular formula is C20H26N2O4S. The molecule has 0 spiro atoms. The van der Waals surface area contributed by atoms with E-state index in [0.29, 0.717) is 12.1 Å². The summed E-state index contributed by atoms with van der Waals surface area (Å²) < 4.78 is 28.2. The molecule has 3 N–H and O–H groups in total. The molecule has 0 aromatic heterocycles. The summed E-state index contributed by atoms with van der Waals surface area (Å²) >= 11 is 0. The first-order valence-electron chi connectivity index (χ1n) is 9.01. The Morgan fingerprint density at radius 3 is 2.48 bits per heavy atom. The number of nitrogens with one attached hydrogen (secondary N) is 2. The minimum atomic E-state index is -3.85. The van der Waals surface area contributed by atoms with E-state index in [4.69, 9.17) is 0 Å². The number of carboxylic acid groups (broad SMARTS) is 1. The van der Waals surface area contributed by atoms with Gasteiger partial charge in [-0.3, -0.25) is 0 Å². The van der Waals surface area contributed by atoms with E-state index in [0.717, 1.165) is 18.4 Å². The SMILES string of the molecule is CCC[C@H](C)Nc1ccc(C(=O)O)cc1S(=O)(=O)NCCc1ccccc1. The molecule has 0 bridgehead atoms. The van der Waals surface area contributed by atoms with Crippen molar-refractivity contribution in [3.8, 4) is 0 Å². The molecule has 27 heavy (non-hydrogen) atoms. The van der Waals surface area contributed by atoms with Crippen molar-refractivity contribution in [1.29, 1.82) is 0 Å². The van der Waals surface area contributed by atoms with Gasteiger partial charge in [0.1, 0.15) is 4.90 Å². The van der Waals surface area contributed by atoms with Gasteiger partial charge in [-0.05, 0) is 43.5 Å². The van der Waals surface area contributed by atoms with Crippen LogP contribution in [0, 0.1) is 0 Å². The van der Waals surface area contributed by atoms with Crippen LogP contribution in [0.3, 0.4) is 0 Å². The van der Waals surface area contributed by atoms with E-state index >= 15 is 0 Å². The fraction of sp³-hybridized carbons (Fsp3) is 0.350. The Morgan fingerprint density at radius 1 is 1.15 bits per heavy atom. The van der Waals surface area contributed by atoms with Gasteiger partial charge in [-0.1, -0.05) is 43.7 Å². The van der Waals surface area contributed by atoms with Gasteiger partial charge in [0, 0.05) is 12.6 Å². The van der Waals surface area contributed by atoms with Crippen LogP contribution in [0.4, 0.5) is 5.69 Å². The maximum atomic E-state index is 12.8. The topological polar surface area (TPSA) is 95.5 Å². The van der Waals surface area contributed by atoms with Crippen LogP contribution in [-0.4, -0.2) is 32.1 Å². The zero-order valence-corrected chi connectivity index (χ0v) is 16.4. The van der Waals surface area contributed by atoms with Gasteiger partial charge >= 0.3 is 5.97 Å². The second-order valence-corrected chi connectivity index (χ2v) is 8.22. The molecule has 0 unspecified atom stereocenters. The van der Waals surface area contributed by atoms with E-state index < -0.39 is 16.0 Å². The van der Waals surface area contributed by atoms with Gasteiger partial charge < -0.3 is 10.4 Å². The lowest BCUT2D eigenvalue weighted by Gasteiger charge is -2.18. The van der Waals surface area contributed by atoms with Crippen LogP contribution in [0.25, 0.3) is 0 Å². The number of hydrogen-bond donors (Lipinski definition) is 3. The van der Waals surface area contributed by atoms with Crippen molar-refractivity contribution in [2.45, 2.75) is 44.0 Å². The lowest BCUT2D eigenvalue weighted by Crippen LogP contribution is -2.28. The molecule has 6 nitrogen and oxygen atoms in total. The summed E-state index contributed by atoms with van der Waals surface area (Å²) in [4.78, 5) is 11.2. The highest BCUT2D eigenvalue weighted by atomic mass is 32.2. The Bertz CT molecular complexity index is 867. The van der Waals surface area contributed by atoms with Gasteiger partial charge in [-0.2, -0.15) is 0 Å². The number of carboxylic acids is 1. The highest BCUT2D eigenvalue weighted by Gasteiger charge is 2.21. The van der Waals surface area contributed by atoms with Crippen LogP contribution in [0.5, 0.6) is 0 Å². The first kappa shape index (κ1) is 20.9. The first-order valence-corrected chi connectivity index (χ1v) is 10.5. The number of hydrogen-bond acceptors (Lipinski definition) is 4. The minimum absolute atomic E-state index is 0.0431. The molecule has 1 atom stereocenters. The second-order valence-electron chi connectivity index (χ2n) is 6.48. The Labute approximate surface area is 160 Å². The zero-order valence-electron chi connectivity index (χ0n) is 15.6. The normalized spacial score (nSPS) is 12.5. The maximum absolute atomic E-state index is 12.8. The molecule has 2 aromatic carbocycles. The summed E-state index contributed by atoms with van der Waals surface area (Å²) in [5.41, 5.74) is 1.37. The fourth-order valence-electron chi connectivity index (χ4n) is 2.82. The summed E-state index contributed by atoms with van der Waals surface area (Å²) in [6.45, 7) is 4.25. The third-order valence-corrected chi connectivity index (χ3v) is 5.69. The Morgan fingerprint density at radius 2 is 1.85 bits per heavy atom. The number of aromatic carboxylic acids is 1. The van der Waals surface area contributed by atoms with Crippen LogP contribution in [-0.2, 0) is 16.4 Å². The van der Waals surface area contributed by atoms with Crippen molar-refractivity contribution < 1.29 is 18.3 Å². The summed E-state index contributed by atoms with van der Waals surface area (Å²) in [6, 6.07) is 13.8. The summed E-state index contributed by atoms with van der Waals surface area (Å²) in [5.74, 6) is -1.16. The molecule has 146 valence electrons. The average Bonchev–Trinajstić information content (AvgIpc) is 2.62. The Hall–Kier alpha value is -2.38. The molecule has 0 saturated carbocycles. The van der Waals surface area contributed by atoms with Crippen molar-refractivity contribution in [3.05, 3.63) is 59.7 Å². The quantitative estimate of drug-likeness (QED) is 0.577. The highest BCUT2D eigenvalue weighted by molar-refractivity contribution is 7.89. The zero-order chi connectivity index (χ0) is 19.9. The highest BCUT2D eigenvalue weighted by Crippen LogP contribution is 2.24. The molecule has 0 amide bonds. The summed E-state index contributed by atoms with van der Waals surface area (Å²) in [6.07, 6.45) is 2.38. The van der Waals surface area contributed by atoms with Crippen LogP contribution in [0.2, 0.25) is 0 Å². The van der Waals surface area contributed by atoms with Gasteiger partial charge in [0.15, 0.2) is 0 Å². The van der Waals surface area contributed by atoms with E-state index in [1.165, 1.54) is 18.2 Å². The van der Waals surface area contributed by atoms with E-state index in [1.54, 1.807) is 0 Å². The summed E-state index contributed by atoms with van der Waals surface area (Å²) in [7, 11) is -3.85. The molecule has 2 rings (SSSR count). The third kappa shape index (κ3) is 6.08. The summed E-state index contributed by atoms with van der Waals surface area (Å²) in [5, 5.41) is 12.4. The molecule has 0 aliphatic carbocycles. The lowest BCUT2D eigenvalue weighted by molar-refractivity contribution is 0.0696. The first-order chi connectivity index (χ1) is 12.8. The molecule has 7 heteroatoms. The molecular weight excluding hydrogens is 364 g/mol. The predicted octanol–water partition coefficient (Wildman–Crippen LogP) is 3.51. The van der Waals surface area contributed by atoms with E-state index in [9.17, 15) is 18.3 Å². The Kier molecular flexibility index (Phi) is 7.38. The van der Waals surface area contributed by atoms with Crippen LogP contribution < -0.4 is 10.0 Å². The molecule has 0 saturated heterocycles. The monoisotopic (exact) mass is 390 g/mol. The molecule has 0 radical (unpaired) electrons. The molecule has 0 heterocycles. The van der Waals surface area contributed by atoms with E-state index in [1.807, 2.05) is 37.3 Å². The second kappa shape index (κ2) is 9.53. The predicted molar refractivity (Wildman–Crippen MR) is 107 cm³/mol. The molecule has 0 fully saturated rings. The largest absolute Gasteiger partial charge is 0.478 e. The lowest BCUT2D eigenvalue weighted by atomic mass is 10.1. The fourth-order valence-corrected chi connectivity index (χ4v) is 4.04. The minimum Gasteiger partial charge on any atom is -0.478 e. The van der Waals surface area contributed by atoms with Crippen LogP contribution >= 0.6 is 0 Å². The standard InChI is InChI=1S/C20H26N2O4S/c1-3-7-15(2)22-18-11-10-17(20(23)24)14-19(18)27(25,26)21-13-12-16-8-5-4-6-9-16/h4-6,8-11,14-15,21-22H,3,7,12-13H2,1-2H3,(H,23,24)/t15-/m0/s1. The van der Waals surface area contributed by atoms with E-state index in [-0.39, 0.29) is 23.0 Å². The van der Waals surface area contributed by atoms with E-state index in [2.05, 4.69) is 17.0 Å². The average molecular weight is 391 g/mol. The molecule has 0 aliphatic rings.